The van der Waals surface area contributed by atoms with E-state index in [1.807, 2.05) is 0 Å². The van der Waals surface area contributed by atoms with Gasteiger partial charge in [-0.1, -0.05) is 0 Å². The van der Waals surface area contributed by atoms with Crippen molar-refractivity contribution in [3.63, 3.8) is 0 Å². The van der Waals surface area contributed by atoms with Crippen LogP contribution in [0, 0.1) is 11.3 Å². The Morgan fingerprint density at radius 1 is 1.28 bits per heavy atom. The Hall–Kier alpha value is -1.11. The third-order valence-corrected chi connectivity index (χ3v) is 3.86. The van der Waals surface area contributed by atoms with Crippen LogP contribution in [0.2, 0.25) is 0 Å². The molecule has 3 rings (SSSR count). The SMILES string of the molecule is FC(F)(F)Cc1nc(CC2CC3(CNC3)C2)n[nH]1. The third kappa shape index (κ3) is 2.36. The zero-order valence-corrected chi connectivity index (χ0v) is 9.85. The fourth-order valence-corrected chi connectivity index (χ4v) is 3.03. The van der Waals surface area contributed by atoms with Gasteiger partial charge in [0.05, 0.1) is 0 Å². The molecule has 2 fully saturated rings. The molecule has 0 radical (unpaired) electrons. The number of aromatic nitrogens is 3. The number of aromatic amines is 1. The van der Waals surface area contributed by atoms with Crippen molar-refractivity contribution >= 4 is 0 Å². The molecular weight excluding hydrogens is 245 g/mol. The zero-order chi connectivity index (χ0) is 12.8. The number of hydrogen-bond acceptors (Lipinski definition) is 3. The summed E-state index contributed by atoms with van der Waals surface area (Å²) in [6, 6.07) is 0. The minimum atomic E-state index is -4.23. The fraction of sp³-hybridized carbons (Fsp3) is 0.818. The first-order valence-corrected chi connectivity index (χ1v) is 6.12. The van der Waals surface area contributed by atoms with Crippen LogP contribution >= 0.6 is 0 Å². The number of alkyl halides is 3. The van der Waals surface area contributed by atoms with Crippen molar-refractivity contribution in [1.82, 2.24) is 20.5 Å². The van der Waals surface area contributed by atoms with E-state index in [9.17, 15) is 13.2 Å². The quantitative estimate of drug-likeness (QED) is 0.865. The molecule has 0 amide bonds. The Morgan fingerprint density at radius 3 is 2.56 bits per heavy atom. The van der Waals surface area contributed by atoms with Crippen LogP contribution in [0.4, 0.5) is 13.2 Å². The highest BCUT2D eigenvalue weighted by atomic mass is 19.4. The summed E-state index contributed by atoms with van der Waals surface area (Å²) in [5, 5.41) is 9.49. The molecule has 1 aliphatic heterocycles. The van der Waals surface area contributed by atoms with Gasteiger partial charge in [-0.15, -0.1) is 0 Å². The van der Waals surface area contributed by atoms with Crippen molar-refractivity contribution in [2.45, 2.75) is 31.9 Å². The first-order chi connectivity index (χ1) is 8.44. The lowest BCUT2D eigenvalue weighted by Gasteiger charge is -2.54. The van der Waals surface area contributed by atoms with Crippen molar-refractivity contribution < 1.29 is 13.2 Å². The molecule has 1 saturated heterocycles. The van der Waals surface area contributed by atoms with Crippen LogP contribution in [-0.4, -0.2) is 34.4 Å². The highest BCUT2D eigenvalue weighted by molar-refractivity contribution is 5.05. The minimum absolute atomic E-state index is 0.0863. The van der Waals surface area contributed by atoms with E-state index in [2.05, 4.69) is 20.5 Å². The van der Waals surface area contributed by atoms with E-state index in [4.69, 9.17) is 0 Å². The number of nitrogens with one attached hydrogen (secondary N) is 2. The van der Waals surface area contributed by atoms with Gasteiger partial charge in [0.2, 0.25) is 0 Å². The summed E-state index contributed by atoms with van der Waals surface area (Å²) >= 11 is 0. The normalized spacial score (nSPS) is 22.8. The summed E-state index contributed by atoms with van der Waals surface area (Å²) in [6.07, 6.45) is -2.28. The van der Waals surface area contributed by atoms with Gasteiger partial charge in [0, 0.05) is 19.5 Å². The Kier molecular flexibility index (Phi) is 2.62. The van der Waals surface area contributed by atoms with E-state index in [0.717, 1.165) is 25.9 Å². The molecule has 7 heteroatoms. The molecule has 2 N–H and O–H groups in total. The van der Waals surface area contributed by atoms with Gasteiger partial charge in [0.1, 0.15) is 12.2 Å². The number of rotatable bonds is 3. The Balaban J connectivity index is 1.52. The topological polar surface area (TPSA) is 53.6 Å². The summed E-state index contributed by atoms with van der Waals surface area (Å²) < 4.78 is 36.5. The molecule has 1 aromatic rings. The van der Waals surface area contributed by atoms with Gasteiger partial charge >= 0.3 is 6.18 Å². The number of H-pyrrole nitrogens is 1. The van der Waals surface area contributed by atoms with E-state index in [1.165, 1.54) is 0 Å². The smallest absolute Gasteiger partial charge is 0.316 e. The maximum Gasteiger partial charge on any atom is 0.396 e. The van der Waals surface area contributed by atoms with E-state index >= 15 is 0 Å². The van der Waals surface area contributed by atoms with Crippen molar-refractivity contribution in [3.05, 3.63) is 11.6 Å². The van der Waals surface area contributed by atoms with Gasteiger partial charge in [0.15, 0.2) is 5.82 Å². The van der Waals surface area contributed by atoms with Crippen molar-refractivity contribution in [1.29, 1.82) is 0 Å². The monoisotopic (exact) mass is 260 g/mol. The van der Waals surface area contributed by atoms with Crippen molar-refractivity contribution in [3.8, 4) is 0 Å². The van der Waals surface area contributed by atoms with Crippen LogP contribution in [-0.2, 0) is 12.8 Å². The number of nitrogens with zero attached hydrogens (tertiary/aromatic N) is 2. The molecule has 1 aromatic heterocycles. The predicted molar refractivity (Wildman–Crippen MR) is 57.9 cm³/mol. The number of halogens is 3. The van der Waals surface area contributed by atoms with Crippen LogP contribution in [0.3, 0.4) is 0 Å². The second-order valence-corrected chi connectivity index (χ2v) is 5.57. The molecule has 0 unspecified atom stereocenters. The first-order valence-electron chi connectivity index (χ1n) is 6.12. The van der Waals surface area contributed by atoms with Crippen LogP contribution < -0.4 is 5.32 Å². The largest absolute Gasteiger partial charge is 0.396 e. The Labute approximate surface area is 102 Å². The molecule has 2 heterocycles. The summed E-state index contributed by atoms with van der Waals surface area (Å²) in [5.74, 6) is 0.958. The molecule has 1 spiro atoms. The van der Waals surface area contributed by atoms with Crippen LogP contribution in [0.25, 0.3) is 0 Å². The number of hydrogen-bond donors (Lipinski definition) is 2. The van der Waals surface area contributed by atoms with Crippen molar-refractivity contribution in [2.75, 3.05) is 13.1 Å². The van der Waals surface area contributed by atoms with Crippen LogP contribution in [0.1, 0.15) is 24.5 Å². The highest BCUT2D eigenvalue weighted by Crippen LogP contribution is 2.49. The molecule has 4 nitrogen and oxygen atoms in total. The Morgan fingerprint density at radius 2 is 2.00 bits per heavy atom. The van der Waals surface area contributed by atoms with E-state index in [0.29, 0.717) is 23.6 Å². The second kappa shape index (κ2) is 3.94. The molecule has 2 aliphatic rings. The van der Waals surface area contributed by atoms with Gasteiger partial charge in [-0.25, -0.2) is 4.98 Å². The summed E-state index contributed by atoms with van der Waals surface area (Å²) in [6.45, 7) is 2.16. The summed E-state index contributed by atoms with van der Waals surface area (Å²) in [5.41, 5.74) is 0.482. The van der Waals surface area contributed by atoms with Gasteiger partial charge in [-0.05, 0) is 24.2 Å². The average Bonchev–Trinajstić information content (AvgIpc) is 2.52. The minimum Gasteiger partial charge on any atom is -0.316 e. The maximum atomic E-state index is 12.2. The van der Waals surface area contributed by atoms with Crippen molar-refractivity contribution in [2.24, 2.45) is 11.3 Å². The van der Waals surface area contributed by atoms with Gasteiger partial charge < -0.3 is 5.32 Å². The second-order valence-electron chi connectivity index (χ2n) is 5.57. The molecule has 0 aromatic carbocycles. The molecule has 0 bridgehead atoms. The lowest BCUT2D eigenvalue weighted by molar-refractivity contribution is -0.128. The van der Waals surface area contributed by atoms with Crippen LogP contribution in [0.15, 0.2) is 0 Å². The predicted octanol–water partition coefficient (Wildman–Crippen LogP) is 1.45. The molecule has 1 aliphatic carbocycles. The molecule has 0 atom stereocenters. The standard InChI is InChI=1S/C11H15F3N4/c12-11(13,14)4-9-16-8(17-18-9)1-7-2-10(3-7)5-15-6-10/h7,15H,1-6H2,(H,16,17,18). The Bertz CT molecular complexity index is 428. The lowest BCUT2D eigenvalue weighted by atomic mass is 9.58. The maximum absolute atomic E-state index is 12.2. The zero-order valence-electron chi connectivity index (χ0n) is 9.85. The van der Waals surface area contributed by atoms with Gasteiger partial charge in [0.25, 0.3) is 0 Å². The van der Waals surface area contributed by atoms with Gasteiger partial charge in [-0.2, -0.15) is 18.3 Å². The molecule has 18 heavy (non-hydrogen) atoms. The summed E-state index contributed by atoms with van der Waals surface area (Å²) in [7, 11) is 0. The van der Waals surface area contributed by atoms with Crippen LogP contribution in [0.5, 0.6) is 0 Å². The average molecular weight is 260 g/mol. The van der Waals surface area contributed by atoms with E-state index in [-0.39, 0.29) is 5.82 Å². The molecule has 100 valence electrons. The fourth-order valence-electron chi connectivity index (χ4n) is 3.03. The van der Waals surface area contributed by atoms with E-state index in [1.54, 1.807) is 0 Å². The highest BCUT2D eigenvalue weighted by Gasteiger charge is 2.48. The lowest BCUT2D eigenvalue weighted by Crippen LogP contribution is -2.60. The van der Waals surface area contributed by atoms with E-state index < -0.39 is 12.6 Å². The summed E-state index contributed by atoms with van der Waals surface area (Å²) in [4.78, 5) is 3.91. The molecule has 1 saturated carbocycles. The van der Waals surface area contributed by atoms with Gasteiger partial charge in [-0.3, -0.25) is 5.10 Å². The molecular formula is C11H15F3N4. The first kappa shape index (κ1) is 12.0. The third-order valence-electron chi connectivity index (χ3n) is 3.86.